The van der Waals surface area contributed by atoms with E-state index < -0.39 is 5.41 Å². The summed E-state index contributed by atoms with van der Waals surface area (Å²) in [5.41, 5.74) is 4.83. The van der Waals surface area contributed by atoms with Crippen LogP contribution in [0.25, 0.3) is 5.57 Å². The number of carbonyl (C=O) groups excluding carboxylic acids is 1. The molecule has 7 heteroatoms. The third-order valence-corrected chi connectivity index (χ3v) is 7.31. The van der Waals surface area contributed by atoms with E-state index in [1.165, 1.54) is 25.7 Å². The molecule has 1 fully saturated rings. The Morgan fingerprint density at radius 3 is 2.75 bits per heavy atom. The number of hydrogen-bond donors (Lipinski definition) is 2. The summed E-state index contributed by atoms with van der Waals surface area (Å²) in [5.74, 6) is 1.15. The Balaban J connectivity index is 1.52. The Morgan fingerprint density at radius 1 is 1.20 bits per heavy atom. The molecule has 1 saturated carbocycles. The number of benzene rings is 2. The van der Waals surface area contributed by atoms with Crippen LogP contribution in [-0.4, -0.2) is 30.8 Å². The highest BCUT2D eigenvalue weighted by molar-refractivity contribution is 6.11. The lowest BCUT2D eigenvalue weighted by Gasteiger charge is -2.17. The molecule has 1 amide bonds. The van der Waals surface area contributed by atoms with Gasteiger partial charge in [0.2, 0.25) is 0 Å². The second-order valence-electron chi connectivity index (χ2n) is 10.8. The van der Waals surface area contributed by atoms with E-state index in [9.17, 15) is 10.1 Å². The normalized spacial score (nSPS) is 14.2. The third kappa shape index (κ3) is 7.15. The maximum atomic E-state index is 13.0. The van der Waals surface area contributed by atoms with Gasteiger partial charge in [0.05, 0.1) is 18.1 Å². The van der Waals surface area contributed by atoms with Crippen molar-refractivity contribution in [2.45, 2.75) is 51.9 Å². The number of nitrogens with zero attached hydrogens (tertiary/aromatic N) is 3. The van der Waals surface area contributed by atoms with Gasteiger partial charge in [0, 0.05) is 59.9 Å². The zero-order valence-corrected chi connectivity index (χ0v) is 23.7. The van der Waals surface area contributed by atoms with Gasteiger partial charge in [-0.2, -0.15) is 5.26 Å². The van der Waals surface area contributed by atoms with Crippen molar-refractivity contribution in [2.75, 3.05) is 24.3 Å². The first-order valence-electron chi connectivity index (χ1n) is 13.7. The monoisotopic (exact) mass is 535 g/mol. The van der Waals surface area contributed by atoms with Crippen molar-refractivity contribution in [3.8, 4) is 11.8 Å². The molecule has 0 radical (unpaired) electrons. The quantitative estimate of drug-likeness (QED) is 0.268. The van der Waals surface area contributed by atoms with Gasteiger partial charge in [0.15, 0.2) is 0 Å². The molecule has 2 N–H and O–H groups in total. The van der Waals surface area contributed by atoms with Gasteiger partial charge in [-0.15, -0.1) is 0 Å². The smallest absolute Gasteiger partial charge is 0.255 e. The minimum atomic E-state index is -0.682. The number of aryl methyl sites for hydroxylation is 1. The predicted octanol–water partition coefficient (Wildman–Crippen LogP) is 7.17. The lowest BCUT2D eigenvalue weighted by molar-refractivity contribution is 0.102. The van der Waals surface area contributed by atoms with Crippen LogP contribution in [0.15, 0.2) is 72.1 Å². The minimum Gasteiger partial charge on any atom is -0.493 e. The SMILES string of the molecule is C/N=C\C(=C/Nc1cc(NC(=O)c2cccc(C(C)(C)C#N)c2)ccc1C)c1cnccc1OCC1CCCC1. The molecule has 1 aromatic heterocycles. The number of rotatable bonds is 10. The summed E-state index contributed by atoms with van der Waals surface area (Å²) in [5, 5.41) is 15.8. The van der Waals surface area contributed by atoms with Gasteiger partial charge >= 0.3 is 0 Å². The highest BCUT2D eigenvalue weighted by atomic mass is 16.5. The molecule has 1 aliphatic rings. The number of anilines is 2. The average molecular weight is 536 g/mol. The molecule has 0 aliphatic heterocycles. The number of allylic oxidation sites excluding steroid dienone is 1. The van der Waals surface area contributed by atoms with Gasteiger partial charge in [-0.1, -0.05) is 31.0 Å². The predicted molar refractivity (Wildman–Crippen MR) is 162 cm³/mol. The van der Waals surface area contributed by atoms with Crippen molar-refractivity contribution in [1.82, 2.24) is 4.98 Å². The number of ether oxygens (including phenoxy) is 1. The molecule has 1 heterocycles. The van der Waals surface area contributed by atoms with Crippen molar-refractivity contribution in [3.05, 3.63) is 89.4 Å². The molecule has 0 bridgehead atoms. The molecule has 3 aromatic rings. The molecule has 0 unspecified atom stereocenters. The number of carbonyl (C=O) groups is 1. The van der Waals surface area contributed by atoms with Crippen LogP contribution < -0.4 is 15.4 Å². The topological polar surface area (TPSA) is 99.4 Å². The maximum Gasteiger partial charge on any atom is 0.255 e. The lowest BCUT2D eigenvalue weighted by Crippen LogP contribution is -2.17. The van der Waals surface area contributed by atoms with Crippen LogP contribution in [0.4, 0.5) is 11.4 Å². The van der Waals surface area contributed by atoms with Crippen LogP contribution >= 0.6 is 0 Å². The molecule has 7 nitrogen and oxygen atoms in total. The van der Waals surface area contributed by atoms with Crippen LogP contribution in [0.1, 0.15) is 66.6 Å². The second kappa shape index (κ2) is 13.1. The van der Waals surface area contributed by atoms with E-state index in [1.807, 2.05) is 57.3 Å². The van der Waals surface area contributed by atoms with Gasteiger partial charge in [-0.25, -0.2) is 0 Å². The first-order valence-corrected chi connectivity index (χ1v) is 13.7. The summed E-state index contributed by atoms with van der Waals surface area (Å²) in [6.45, 7) is 6.38. The van der Waals surface area contributed by atoms with E-state index in [1.54, 1.807) is 43.9 Å². The lowest BCUT2D eigenvalue weighted by atomic mass is 9.85. The zero-order chi connectivity index (χ0) is 28.5. The van der Waals surface area contributed by atoms with Crippen molar-refractivity contribution >= 4 is 29.1 Å². The number of nitrogens with one attached hydrogen (secondary N) is 2. The molecule has 4 rings (SSSR count). The van der Waals surface area contributed by atoms with Gasteiger partial charge < -0.3 is 15.4 Å². The Hall–Kier alpha value is -4.44. The van der Waals surface area contributed by atoms with Gasteiger partial charge in [-0.3, -0.25) is 14.8 Å². The van der Waals surface area contributed by atoms with Crippen LogP contribution in [0, 0.1) is 24.2 Å². The fraction of sp³-hybridized carbons (Fsp3) is 0.333. The molecular weight excluding hydrogens is 498 g/mol. The number of hydrogen-bond acceptors (Lipinski definition) is 6. The fourth-order valence-corrected chi connectivity index (χ4v) is 4.76. The Kier molecular flexibility index (Phi) is 9.34. The number of pyridine rings is 1. The number of aliphatic imine (C=N–C) groups is 1. The van der Waals surface area contributed by atoms with Crippen molar-refractivity contribution in [1.29, 1.82) is 5.26 Å². The Morgan fingerprint density at radius 2 is 2.00 bits per heavy atom. The van der Waals surface area contributed by atoms with Crippen LogP contribution in [-0.2, 0) is 5.41 Å². The molecule has 40 heavy (non-hydrogen) atoms. The molecule has 0 spiro atoms. The summed E-state index contributed by atoms with van der Waals surface area (Å²) >= 11 is 0. The molecular formula is C33H37N5O2. The Bertz CT molecular complexity index is 1450. The van der Waals surface area contributed by atoms with Crippen molar-refractivity contribution in [3.63, 3.8) is 0 Å². The average Bonchev–Trinajstić information content (AvgIpc) is 3.49. The van der Waals surface area contributed by atoms with Crippen LogP contribution in [0.5, 0.6) is 5.75 Å². The summed E-state index contributed by atoms with van der Waals surface area (Å²) in [6.07, 6.45) is 12.2. The minimum absolute atomic E-state index is 0.237. The first-order chi connectivity index (χ1) is 19.3. The number of aromatic nitrogens is 1. The third-order valence-electron chi connectivity index (χ3n) is 7.31. The van der Waals surface area contributed by atoms with E-state index in [-0.39, 0.29) is 5.91 Å². The van der Waals surface area contributed by atoms with Gasteiger partial charge in [-0.05, 0) is 81.0 Å². The summed E-state index contributed by atoms with van der Waals surface area (Å²) in [4.78, 5) is 21.6. The Labute approximate surface area is 237 Å². The summed E-state index contributed by atoms with van der Waals surface area (Å²) < 4.78 is 6.23. The van der Waals surface area contributed by atoms with E-state index in [2.05, 4.69) is 26.7 Å². The second-order valence-corrected chi connectivity index (χ2v) is 10.8. The van der Waals surface area contributed by atoms with Crippen LogP contribution in [0.2, 0.25) is 0 Å². The van der Waals surface area contributed by atoms with E-state index in [0.717, 1.165) is 33.7 Å². The highest BCUT2D eigenvalue weighted by Gasteiger charge is 2.21. The van der Waals surface area contributed by atoms with Gasteiger partial charge in [0.1, 0.15) is 5.75 Å². The first kappa shape index (κ1) is 28.6. The standard InChI is InChI=1S/C33H37N5O2/c1-23-12-13-28(38-32(39)25-10-7-11-27(16-25)33(2,3)22-34)17-30(23)37-19-26(18-35-4)29-20-36-15-14-31(29)40-21-24-8-5-6-9-24/h7,10-20,24,37H,5-6,8-9,21H2,1-4H3,(H,38,39)/b26-19+,35-18-. The molecule has 0 saturated heterocycles. The van der Waals surface area contributed by atoms with Crippen molar-refractivity contribution < 1.29 is 9.53 Å². The summed E-state index contributed by atoms with van der Waals surface area (Å²) in [7, 11) is 1.73. The molecule has 2 aromatic carbocycles. The molecule has 1 aliphatic carbocycles. The van der Waals surface area contributed by atoms with E-state index in [0.29, 0.717) is 23.8 Å². The van der Waals surface area contributed by atoms with Crippen LogP contribution in [0.3, 0.4) is 0 Å². The number of nitriles is 1. The van der Waals surface area contributed by atoms with Crippen molar-refractivity contribution in [2.24, 2.45) is 10.9 Å². The van der Waals surface area contributed by atoms with Gasteiger partial charge in [0.25, 0.3) is 5.91 Å². The highest BCUT2D eigenvalue weighted by Crippen LogP contribution is 2.30. The fourth-order valence-electron chi connectivity index (χ4n) is 4.76. The largest absolute Gasteiger partial charge is 0.493 e. The molecule has 0 atom stereocenters. The maximum absolute atomic E-state index is 13.0. The summed E-state index contributed by atoms with van der Waals surface area (Å²) in [6, 6.07) is 17.1. The number of amides is 1. The molecule has 206 valence electrons. The van der Waals surface area contributed by atoms with E-state index in [4.69, 9.17) is 4.74 Å². The van der Waals surface area contributed by atoms with E-state index >= 15 is 0 Å². The zero-order valence-electron chi connectivity index (χ0n) is 23.7.